The van der Waals surface area contributed by atoms with Crippen LogP contribution in [0.1, 0.15) is 32.8 Å². The number of amides is 1. The number of ether oxygens (including phenoxy) is 2. The zero-order valence-electron chi connectivity index (χ0n) is 12.3. The van der Waals surface area contributed by atoms with Crippen molar-refractivity contribution in [2.75, 3.05) is 13.1 Å². The monoisotopic (exact) mass is 275 g/mol. The molecule has 0 N–H and O–H groups in total. The molecule has 20 heavy (non-hydrogen) atoms. The number of benzene rings is 1. The summed E-state index contributed by atoms with van der Waals surface area (Å²) in [5.74, 6) is 0. The highest BCUT2D eigenvalue weighted by Crippen LogP contribution is 2.51. The number of fused-ring (bicyclic) bond motifs is 1. The third-order valence-electron chi connectivity index (χ3n) is 3.87. The number of piperidine rings is 1. The second kappa shape index (κ2) is 4.48. The first-order valence-corrected chi connectivity index (χ1v) is 7.12. The van der Waals surface area contributed by atoms with Crippen LogP contribution >= 0.6 is 0 Å². The van der Waals surface area contributed by atoms with E-state index >= 15 is 0 Å². The summed E-state index contributed by atoms with van der Waals surface area (Å²) in [4.78, 5) is 13.8. The van der Waals surface area contributed by atoms with Crippen molar-refractivity contribution in [1.82, 2.24) is 4.90 Å². The molecule has 0 unspecified atom stereocenters. The molecule has 4 nitrogen and oxygen atoms in total. The van der Waals surface area contributed by atoms with Gasteiger partial charge in [-0.05, 0) is 26.3 Å². The third-order valence-corrected chi connectivity index (χ3v) is 3.87. The molecule has 2 aliphatic rings. The van der Waals surface area contributed by atoms with Crippen molar-refractivity contribution >= 4 is 6.09 Å². The number of likely N-dealkylation sites (tertiary alicyclic amines) is 1. The van der Waals surface area contributed by atoms with Gasteiger partial charge in [-0.2, -0.15) is 0 Å². The van der Waals surface area contributed by atoms with Crippen LogP contribution in [0.15, 0.2) is 30.3 Å². The fourth-order valence-electron chi connectivity index (χ4n) is 2.83. The molecule has 2 fully saturated rings. The molecule has 4 heteroatoms. The maximum Gasteiger partial charge on any atom is 0.410 e. The maximum absolute atomic E-state index is 12.1. The van der Waals surface area contributed by atoms with E-state index < -0.39 is 5.60 Å². The SMILES string of the molecule is CC(C)(C)OC(=O)N1CC[C@]2(c3ccccc3)O[C@@H]2C1. The second-order valence-electron chi connectivity index (χ2n) is 6.54. The standard InChI is InChI=1S/C16H21NO3/c1-15(2,3)20-14(18)17-10-9-16(13(11-17)19-16)12-7-5-4-6-8-12/h4-8,13H,9-11H2,1-3H3/t13-,16-/m1/s1. The third kappa shape index (κ3) is 2.40. The molecule has 0 bridgehead atoms. The largest absolute Gasteiger partial charge is 0.444 e. The summed E-state index contributed by atoms with van der Waals surface area (Å²) >= 11 is 0. The predicted molar refractivity (Wildman–Crippen MR) is 75.4 cm³/mol. The molecule has 108 valence electrons. The van der Waals surface area contributed by atoms with Crippen LogP contribution in [0.4, 0.5) is 4.79 Å². The first-order valence-electron chi connectivity index (χ1n) is 7.12. The molecule has 2 aliphatic heterocycles. The number of rotatable bonds is 1. The molecule has 0 saturated carbocycles. The van der Waals surface area contributed by atoms with Gasteiger partial charge in [0.25, 0.3) is 0 Å². The fraction of sp³-hybridized carbons (Fsp3) is 0.562. The Bertz CT molecular complexity index is 508. The molecule has 2 saturated heterocycles. The van der Waals surface area contributed by atoms with E-state index in [1.165, 1.54) is 5.56 Å². The Morgan fingerprint density at radius 2 is 2.05 bits per heavy atom. The number of carbonyl (C=O) groups is 1. The van der Waals surface area contributed by atoms with Crippen LogP contribution in [0.2, 0.25) is 0 Å². The Morgan fingerprint density at radius 3 is 2.65 bits per heavy atom. The van der Waals surface area contributed by atoms with E-state index in [0.29, 0.717) is 13.1 Å². The van der Waals surface area contributed by atoms with Crippen molar-refractivity contribution in [2.45, 2.75) is 44.5 Å². The van der Waals surface area contributed by atoms with Gasteiger partial charge in [-0.3, -0.25) is 0 Å². The van der Waals surface area contributed by atoms with Gasteiger partial charge in [0.1, 0.15) is 17.3 Å². The normalized spacial score (nSPS) is 28.8. The molecule has 0 spiro atoms. The summed E-state index contributed by atoms with van der Waals surface area (Å²) < 4.78 is 11.3. The van der Waals surface area contributed by atoms with Crippen LogP contribution in [0.25, 0.3) is 0 Å². The van der Waals surface area contributed by atoms with Gasteiger partial charge in [0.15, 0.2) is 0 Å². The Morgan fingerprint density at radius 1 is 1.35 bits per heavy atom. The zero-order valence-corrected chi connectivity index (χ0v) is 12.3. The Balaban J connectivity index is 1.65. The van der Waals surface area contributed by atoms with Crippen LogP contribution in [-0.2, 0) is 15.1 Å². The Kier molecular flexibility index (Phi) is 3.01. The second-order valence-corrected chi connectivity index (χ2v) is 6.54. The summed E-state index contributed by atoms with van der Waals surface area (Å²) in [7, 11) is 0. The molecule has 1 aromatic carbocycles. The van der Waals surface area contributed by atoms with Crippen molar-refractivity contribution in [3.63, 3.8) is 0 Å². The van der Waals surface area contributed by atoms with Crippen LogP contribution in [0, 0.1) is 0 Å². The molecular formula is C16H21NO3. The van der Waals surface area contributed by atoms with Crippen molar-refractivity contribution < 1.29 is 14.3 Å². The number of carbonyl (C=O) groups excluding carboxylic acids is 1. The minimum absolute atomic E-state index is 0.103. The smallest absolute Gasteiger partial charge is 0.410 e. The summed E-state index contributed by atoms with van der Waals surface area (Å²) in [6.45, 7) is 6.95. The number of epoxide rings is 1. The number of hydrogen-bond donors (Lipinski definition) is 0. The van der Waals surface area contributed by atoms with E-state index in [1.54, 1.807) is 4.90 Å². The highest BCUT2D eigenvalue weighted by molar-refractivity contribution is 5.68. The topological polar surface area (TPSA) is 42.1 Å². The molecule has 2 atom stereocenters. The van der Waals surface area contributed by atoms with E-state index in [1.807, 2.05) is 39.0 Å². The molecule has 2 heterocycles. The average molecular weight is 275 g/mol. The lowest BCUT2D eigenvalue weighted by atomic mass is 9.89. The average Bonchev–Trinajstić information content (AvgIpc) is 3.12. The predicted octanol–water partition coefficient (Wildman–Crippen LogP) is 2.92. The number of nitrogens with zero attached hydrogens (tertiary/aromatic N) is 1. The highest BCUT2D eigenvalue weighted by atomic mass is 16.6. The van der Waals surface area contributed by atoms with Gasteiger partial charge in [-0.25, -0.2) is 4.79 Å². The molecule has 0 aromatic heterocycles. The van der Waals surface area contributed by atoms with E-state index in [9.17, 15) is 4.79 Å². The quantitative estimate of drug-likeness (QED) is 0.740. The lowest BCUT2D eigenvalue weighted by Gasteiger charge is -2.31. The van der Waals surface area contributed by atoms with Crippen molar-refractivity contribution in [1.29, 1.82) is 0 Å². The van der Waals surface area contributed by atoms with Crippen LogP contribution in [-0.4, -0.2) is 35.8 Å². The summed E-state index contributed by atoms with van der Waals surface area (Å²) in [6.07, 6.45) is 0.696. The minimum Gasteiger partial charge on any atom is -0.444 e. The fourth-order valence-corrected chi connectivity index (χ4v) is 2.83. The number of hydrogen-bond acceptors (Lipinski definition) is 3. The molecule has 0 radical (unpaired) electrons. The van der Waals surface area contributed by atoms with Crippen molar-refractivity contribution in [2.24, 2.45) is 0 Å². The molecule has 1 amide bonds. The van der Waals surface area contributed by atoms with E-state index in [2.05, 4.69) is 12.1 Å². The van der Waals surface area contributed by atoms with Gasteiger partial charge in [-0.15, -0.1) is 0 Å². The van der Waals surface area contributed by atoms with Gasteiger partial charge in [0, 0.05) is 13.0 Å². The van der Waals surface area contributed by atoms with Gasteiger partial charge < -0.3 is 14.4 Å². The van der Waals surface area contributed by atoms with Crippen LogP contribution < -0.4 is 0 Å². The first kappa shape index (κ1) is 13.4. The maximum atomic E-state index is 12.1. The lowest BCUT2D eigenvalue weighted by molar-refractivity contribution is 0.0217. The lowest BCUT2D eigenvalue weighted by Crippen LogP contribution is -2.44. The van der Waals surface area contributed by atoms with Gasteiger partial charge in [0.2, 0.25) is 0 Å². The van der Waals surface area contributed by atoms with Crippen molar-refractivity contribution in [3.05, 3.63) is 35.9 Å². The van der Waals surface area contributed by atoms with Gasteiger partial charge in [0.05, 0.1) is 6.54 Å². The highest BCUT2D eigenvalue weighted by Gasteiger charge is 2.60. The zero-order chi connectivity index (χ0) is 14.4. The van der Waals surface area contributed by atoms with E-state index in [4.69, 9.17) is 9.47 Å². The Hall–Kier alpha value is -1.55. The van der Waals surface area contributed by atoms with Gasteiger partial charge in [-0.1, -0.05) is 30.3 Å². The summed E-state index contributed by atoms with van der Waals surface area (Å²) in [5.41, 5.74) is 0.601. The molecule has 1 aromatic rings. The minimum atomic E-state index is -0.449. The summed E-state index contributed by atoms with van der Waals surface area (Å²) in [5, 5.41) is 0. The van der Waals surface area contributed by atoms with Crippen LogP contribution in [0.5, 0.6) is 0 Å². The van der Waals surface area contributed by atoms with Crippen LogP contribution in [0.3, 0.4) is 0 Å². The van der Waals surface area contributed by atoms with E-state index in [0.717, 1.165) is 6.42 Å². The van der Waals surface area contributed by atoms with E-state index in [-0.39, 0.29) is 17.8 Å². The first-order chi connectivity index (χ1) is 9.41. The molecular weight excluding hydrogens is 254 g/mol. The van der Waals surface area contributed by atoms with Gasteiger partial charge >= 0.3 is 6.09 Å². The Labute approximate surface area is 119 Å². The molecule has 0 aliphatic carbocycles. The van der Waals surface area contributed by atoms with Crippen molar-refractivity contribution in [3.8, 4) is 0 Å². The summed E-state index contributed by atoms with van der Waals surface area (Å²) in [6, 6.07) is 10.3. The molecule has 3 rings (SSSR count).